The number of likely N-dealkylation sites (N-methyl/N-ethyl adjacent to an activating group) is 1. The first-order valence-electron chi connectivity index (χ1n) is 11.7. The maximum Gasteiger partial charge on any atom is 0.387 e. The van der Waals surface area contributed by atoms with Gasteiger partial charge in [-0.1, -0.05) is 26.0 Å². The molecule has 0 radical (unpaired) electrons. The summed E-state index contributed by atoms with van der Waals surface area (Å²) in [6.07, 6.45) is 2.81. The van der Waals surface area contributed by atoms with Crippen molar-refractivity contribution in [1.29, 1.82) is 0 Å². The van der Waals surface area contributed by atoms with Crippen molar-refractivity contribution in [2.45, 2.75) is 51.3 Å². The summed E-state index contributed by atoms with van der Waals surface area (Å²) in [6, 6.07) is 9.05. The Bertz CT molecular complexity index is 1420. The highest BCUT2D eigenvalue weighted by atomic mass is 19.3. The Morgan fingerprint density at radius 1 is 1.20 bits per heavy atom. The Balaban J connectivity index is 1.78. The largest absolute Gasteiger partial charge is 0.477 e. The molecule has 1 fully saturated rings. The van der Waals surface area contributed by atoms with E-state index in [2.05, 4.69) is 34.0 Å². The Labute approximate surface area is 201 Å². The van der Waals surface area contributed by atoms with E-state index >= 15 is 0 Å². The molecule has 184 valence electrons. The molecule has 1 aromatic heterocycles. The summed E-state index contributed by atoms with van der Waals surface area (Å²) >= 11 is 0. The average molecular weight is 484 g/mol. The van der Waals surface area contributed by atoms with Crippen LogP contribution in [0.3, 0.4) is 0 Å². The second-order valence-corrected chi connectivity index (χ2v) is 11.0. The molecule has 0 spiro atoms. The lowest BCUT2D eigenvalue weighted by Gasteiger charge is -2.43. The molecule has 2 aliphatic rings. The standard InChI is InChI=1S/C27H28F2N2O4/c1-27(2)14-31(3,4)13-16-11-15(5-10-21(16)27)18-8-9-19-22(24(18)35-26(28)29)30(17-6-7-17)12-20(23(19)32)25(33)34/h5,8-12,17,26H,6-7,13-14H2,1-4H3/p+1. The van der Waals surface area contributed by atoms with Crippen LogP contribution in [0.1, 0.15) is 54.2 Å². The lowest BCUT2D eigenvalue weighted by atomic mass is 9.77. The number of hydrogen-bond donors (Lipinski definition) is 1. The Hall–Kier alpha value is -3.26. The molecule has 8 heteroatoms. The first kappa shape index (κ1) is 23.5. The topological polar surface area (TPSA) is 68.5 Å². The molecule has 1 saturated carbocycles. The third-order valence-electron chi connectivity index (χ3n) is 7.09. The number of fused-ring (bicyclic) bond motifs is 2. The summed E-state index contributed by atoms with van der Waals surface area (Å²) in [5.41, 5.74) is 2.64. The van der Waals surface area contributed by atoms with E-state index in [-0.39, 0.29) is 33.7 Å². The van der Waals surface area contributed by atoms with Crippen molar-refractivity contribution in [1.82, 2.24) is 4.57 Å². The highest BCUT2D eigenvalue weighted by molar-refractivity contribution is 5.97. The molecular weight excluding hydrogens is 454 g/mol. The maximum atomic E-state index is 13.7. The van der Waals surface area contributed by atoms with Gasteiger partial charge in [0.25, 0.3) is 0 Å². The van der Waals surface area contributed by atoms with E-state index in [1.54, 1.807) is 10.6 Å². The molecule has 35 heavy (non-hydrogen) atoms. The van der Waals surface area contributed by atoms with E-state index in [0.29, 0.717) is 5.56 Å². The third kappa shape index (κ3) is 4.10. The number of nitrogens with zero attached hydrogens (tertiary/aromatic N) is 2. The van der Waals surface area contributed by atoms with E-state index in [4.69, 9.17) is 4.74 Å². The summed E-state index contributed by atoms with van der Waals surface area (Å²) in [5.74, 6) is -1.44. The minimum absolute atomic E-state index is 0.0407. The second-order valence-electron chi connectivity index (χ2n) is 11.0. The Morgan fingerprint density at radius 2 is 1.91 bits per heavy atom. The molecule has 1 aliphatic carbocycles. The van der Waals surface area contributed by atoms with Gasteiger partial charge < -0.3 is 18.9 Å². The summed E-state index contributed by atoms with van der Waals surface area (Å²) < 4.78 is 34.8. The van der Waals surface area contributed by atoms with Gasteiger partial charge in [-0.15, -0.1) is 0 Å². The zero-order valence-electron chi connectivity index (χ0n) is 20.3. The quantitative estimate of drug-likeness (QED) is 0.509. The van der Waals surface area contributed by atoms with E-state index < -0.39 is 18.0 Å². The molecular formula is C27H29F2N2O4+. The zero-order valence-corrected chi connectivity index (χ0v) is 20.3. The molecule has 6 nitrogen and oxygen atoms in total. The van der Waals surface area contributed by atoms with Gasteiger partial charge in [0.05, 0.1) is 31.5 Å². The first-order valence-corrected chi connectivity index (χ1v) is 11.7. The summed E-state index contributed by atoms with van der Waals surface area (Å²) in [6.45, 7) is 3.10. The fourth-order valence-corrected chi connectivity index (χ4v) is 5.87. The second kappa shape index (κ2) is 7.88. The third-order valence-corrected chi connectivity index (χ3v) is 7.09. The van der Waals surface area contributed by atoms with Gasteiger partial charge in [-0.3, -0.25) is 4.79 Å². The number of carbonyl (C=O) groups is 1. The van der Waals surface area contributed by atoms with Crippen LogP contribution in [0.15, 0.2) is 41.3 Å². The predicted octanol–water partition coefficient (Wildman–Crippen LogP) is 5.17. The molecule has 0 bridgehead atoms. The maximum absolute atomic E-state index is 13.7. The number of halogens is 2. The minimum Gasteiger partial charge on any atom is -0.477 e. The summed E-state index contributed by atoms with van der Waals surface area (Å²) in [7, 11) is 4.35. The molecule has 1 N–H and O–H groups in total. The first-order chi connectivity index (χ1) is 16.4. The van der Waals surface area contributed by atoms with Crippen LogP contribution in [0.25, 0.3) is 22.0 Å². The zero-order chi connectivity index (χ0) is 25.3. The van der Waals surface area contributed by atoms with Crippen molar-refractivity contribution >= 4 is 16.9 Å². The summed E-state index contributed by atoms with van der Waals surface area (Å²) in [4.78, 5) is 24.6. The van der Waals surface area contributed by atoms with Gasteiger partial charge >= 0.3 is 12.6 Å². The van der Waals surface area contributed by atoms with E-state index in [1.165, 1.54) is 17.8 Å². The van der Waals surface area contributed by atoms with Crippen molar-refractivity contribution in [3.8, 4) is 16.9 Å². The fraction of sp³-hybridized carbons (Fsp3) is 0.407. The predicted molar refractivity (Wildman–Crippen MR) is 129 cm³/mol. The van der Waals surface area contributed by atoms with Gasteiger partial charge in [0.1, 0.15) is 12.1 Å². The van der Waals surface area contributed by atoms with Crippen LogP contribution in [-0.2, 0) is 12.0 Å². The van der Waals surface area contributed by atoms with Crippen molar-refractivity contribution < 1.29 is 27.9 Å². The minimum atomic E-state index is -3.10. The SMILES string of the molecule is CC1(C)C[N+](C)(C)Cc2cc(-c3ccc4c(=O)c(C(=O)O)cn(C5CC5)c4c3OC(F)F)ccc21. The monoisotopic (exact) mass is 483 g/mol. The van der Waals surface area contributed by atoms with Gasteiger partial charge in [0, 0.05) is 28.8 Å². The molecule has 0 unspecified atom stereocenters. The number of quaternary nitrogens is 1. The van der Waals surface area contributed by atoms with Crippen LogP contribution in [0.2, 0.25) is 0 Å². The number of hydrogen-bond acceptors (Lipinski definition) is 3. The fourth-order valence-electron chi connectivity index (χ4n) is 5.87. The molecule has 2 heterocycles. The number of carboxylic acids is 1. The highest BCUT2D eigenvalue weighted by Gasteiger charge is 2.38. The highest BCUT2D eigenvalue weighted by Crippen LogP contribution is 2.44. The number of alkyl halides is 2. The van der Waals surface area contributed by atoms with E-state index in [1.807, 2.05) is 12.1 Å². The van der Waals surface area contributed by atoms with E-state index in [0.717, 1.165) is 41.5 Å². The lowest BCUT2D eigenvalue weighted by molar-refractivity contribution is -0.909. The smallest absolute Gasteiger partial charge is 0.387 e. The van der Waals surface area contributed by atoms with E-state index in [9.17, 15) is 23.5 Å². The van der Waals surface area contributed by atoms with Crippen LogP contribution < -0.4 is 10.2 Å². The van der Waals surface area contributed by atoms with Gasteiger partial charge in [0.2, 0.25) is 5.43 Å². The van der Waals surface area contributed by atoms with Gasteiger partial charge in [0.15, 0.2) is 5.75 Å². The molecule has 0 amide bonds. The average Bonchev–Trinajstić information content (AvgIpc) is 3.57. The van der Waals surface area contributed by atoms with Crippen LogP contribution >= 0.6 is 0 Å². The molecule has 1 aliphatic heterocycles. The molecule has 5 rings (SSSR count). The van der Waals surface area contributed by atoms with Crippen molar-refractivity contribution in [2.75, 3.05) is 20.6 Å². The van der Waals surface area contributed by atoms with Crippen molar-refractivity contribution in [2.24, 2.45) is 0 Å². The molecule has 3 aromatic rings. The number of carboxylic acid groups (broad SMARTS) is 1. The van der Waals surface area contributed by atoms with Crippen molar-refractivity contribution in [3.63, 3.8) is 0 Å². The van der Waals surface area contributed by atoms with Crippen molar-refractivity contribution in [3.05, 3.63) is 63.4 Å². The molecule has 2 aromatic carbocycles. The summed E-state index contributed by atoms with van der Waals surface area (Å²) in [5, 5.41) is 9.59. The number of pyridine rings is 1. The van der Waals surface area contributed by atoms with Crippen LogP contribution in [0.5, 0.6) is 5.75 Å². The van der Waals surface area contributed by atoms with Crippen LogP contribution in [0.4, 0.5) is 8.78 Å². The number of ether oxygens (including phenoxy) is 1. The lowest BCUT2D eigenvalue weighted by Crippen LogP contribution is -2.51. The number of aromatic nitrogens is 1. The van der Waals surface area contributed by atoms with Gasteiger partial charge in [-0.2, -0.15) is 8.78 Å². The number of aromatic carboxylic acids is 1. The number of rotatable bonds is 5. The Morgan fingerprint density at radius 3 is 2.54 bits per heavy atom. The number of benzene rings is 2. The molecule has 0 atom stereocenters. The van der Waals surface area contributed by atoms with Crippen LogP contribution in [-0.4, -0.2) is 47.4 Å². The Kier molecular flexibility index (Phi) is 5.29. The van der Waals surface area contributed by atoms with Gasteiger partial charge in [-0.25, -0.2) is 4.79 Å². The van der Waals surface area contributed by atoms with Crippen LogP contribution in [0, 0.1) is 0 Å². The van der Waals surface area contributed by atoms with Gasteiger partial charge in [-0.05, 0) is 42.2 Å². The molecule has 0 saturated heterocycles. The normalized spacial score (nSPS) is 18.5.